The third-order valence-corrected chi connectivity index (χ3v) is 6.09. The molecule has 4 nitrogen and oxygen atoms in total. The zero-order valence-electron chi connectivity index (χ0n) is 13.7. The van der Waals surface area contributed by atoms with Crippen LogP contribution in [0, 0.1) is 0 Å². The summed E-state index contributed by atoms with van der Waals surface area (Å²) in [5.41, 5.74) is 0.521. The Hall–Kier alpha value is -0.710. The molecule has 1 saturated heterocycles. The quantitative estimate of drug-likeness (QED) is 0.834. The number of nitrogens with one attached hydrogen (secondary N) is 1. The van der Waals surface area contributed by atoms with E-state index in [1.54, 1.807) is 17.7 Å². The molecule has 0 bridgehead atoms. The van der Waals surface area contributed by atoms with Gasteiger partial charge in [0.2, 0.25) is 0 Å². The maximum Gasteiger partial charge on any atom is 0.268 e. The topological polar surface area (TPSA) is 37.3 Å². The Morgan fingerprint density at radius 2 is 1.87 bits per heavy atom. The van der Waals surface area contributed by atoms with Crippen molar-refractivity contribution in [3.8, 4) is 0 Å². The molecule has 1 aliphatic carbocycles. The number of hydrogen-bond donors (Lipinski definition) is 1. The molecule has 6 heteroatoms. The summed E-state index contributed by atoms with van der Waals surface area (Å²) in [5.74, 6) is -0.0889. The lowest BCUT2D eigenvalue weighted by Crippen LogP contribution is -2.40. The molecule has 1 unspecified atom stereocenters. The highest BCUT2D eigenvalue weighted by Crippen LogP contribution is 2.27. The number of nitrogens with zero attached hydrogens (tertiary/aromatic N) is 2. The minimum absolute atomic E-state index is 0.0889. The number of aromatic nitrogens is 1. The van der Waals surface area contributed by atoms with Crippen molar-refractivity contribution in [3.05, 3.63) is 21.9 Å². The molecule has 1 aromatic heterocycles. The van der Waals surface area contributed by atoms with Gasteiger partial charge < -0.3 is 9.88 Å². The summed E-state index contributed by atoms with van der Waals surface area (Å²) in [6, 6.07) is 2.56. The van der Waals surface area contributed by atoms with Crippen molar-refractivity contribution >= 4 is 29.1 Å². The highest BCUT2D eigenvalue weighted by molar-refractivity contribution is 6.41. The van der Waals surface area contributed by atoms with E-state index < -0.39 is 0 Å². The second kappa shape index (κ2) is 7.45. The second-order valence-electron chi connectivity index (χ2n) is 6.83. The monoisotopic (exact) mass is 357 g/mol. The first-order chi connectivity index (χ1) is 11.1. The van der Waals surface area contributed by atoms with E-state index >= 15 is 0 Å². The van der Waals surface area contributed by atoms with Crippen molar-refractivity contribution in [2.45, 2.75) is 57.0 Å². The van der Waals surface area contributed by atoms with Crippen LogP contribution in [0.2, 0.25) is 10.2 Å². The number of halogens is 2. The molecule has 23 heavy (non-hydrogen) atoms. The van der Waals surface area contributed by atoms with Gasteiger partial charge in [-0.15, -0.1) is 0 Å². The van der Waals surface area contributed by atoms with Crippen molar-refractivity contribution < 1.29 is 4.79 Å². The number of hydrogen-bond acceptors (Lipinski definition) is 2. The maximum atomic E-state index is 12.5. The molecule has 1 aliphatic heterocycles. The van der Waals surface area contributed by atoms with Crippen molar-refractivity contribution in [3.63, 3.8) is 0 Å². The normalized spacial score (nSPS) is 23.9. The third-order valence-electron chi connectivity index (χ3n) is 5.24. The lowest BCUT2D eigenvalue weighted by atomic mass is 10.1. The first-order valence-electron chi connectivity index (χ1n) is 8.62. The molecular formula is C17H25Cl2N3O. The lowest BCUT2D eigenvalue weighted by molar-refractivity contribution is 0.0927. The molecule has 1 aromatic rings. The zero-order valence-corrected chi connectivity index (χ0v) is 15.2. The number of likely N-dealkylation sites (tertiary alicyclic amines) is 1. The van der Waals surface area contributed by atoms with Crippen LogP contribution >= 0.6 is 23.2 Å². The van der Waals surface area contributed by atoms with Gasteiger partial charge in [0.25, 0.3) is 5.91 Å². The van der Waals surface area contributed by atoms with E-state index in [9.17, 15) is 4.79 Å². The SMILES string of the molecule is Cn1c(C(=O)NC2CCN(C3CCCCCC3)C2)cc(Cl)c1Cl. The van der Waals surface area contributed by atoms with Crippen molar-refractivity contribution in [2.75, 3.05) is 13.1 Å². The van der Waals surface area contributed by atoms with Gasteiger partial charge in [0.1, 0.15) is 10.8 Å². The predicted molar refractivity (Wildman–Crippen MR) is 94.4 cm³/mol. The minimum Gasteiger partial charge on any atom is -0.347 e. The van der Waals surface area contributed by atoms with E-state index in [-0.39, 0.29) is 11.9 Å². The number of amides is 1. The Labute approximate surface area is 148 Å². The Morgan fingerprint density at radius 3 is 2.48 bits per heavy atom. The fraction of sp³-hybridized carbons (Fsp3) is 0.706. The summed E-state index contributed by atoms with van der Waals surface area (Å²) in [5, 5.41) is 3.97. The van der Waals surface area contributed by atoms with Crippen molar-refractivity contribution in [1.82, 2.24) is 14.8 Å². The maximum absolute atomic E-state index is 12.5. The summed E-state index contributed by atoms with van der Waals surface area (Å²) in [6.07, 6.45) is 9.08. The van der Waals surface area contributed by atoms with Crippen LogP contribution in [0.15, 0.2) is 6.07 Å². The molecular weight excluding hydrogens is 333 g/mol. The second-order valence-corrected chi connectivity index (χ2v) is 7.59. The highest BCUT2D eigenvalue weighted by atomic mass is 35.5. The van der Waals surface area contributed by atoms with Crippen LogP contribution in [-0.2, 0) is 7.05 Å². The molecule has 128 valence electrons. The highest BCUT2D eigenvalue weighted by Gasteiger charge is 2.30. The predicted octanol–water partition coefficient (Wildman–Crippen LogP) is 3.86. The largest absolute Gasteiger partial charge is 0.347 e. The molecule has 1 N–H and O–H groups in total. The molecule has 0 radical (unpaired) electrons. The van der Waals surface area contributed by atoms with Gasteiger partial charge in [0.15, 0.2) is 0 Å². The van der Waals surface area contributed by atoms with Crippen LogP contribution in [0.25, 0.3) is 0 Å². The fourth-order valence-electron chi connectivity index (χ4n) is 3.88. The number of carbonyl (C=O) groups is 1. The molecule has 1 saturated carbocycles. The van der Waals surface area contributed by atoms with Gasteiger partial charge in [-0.1, -0.05) is 48.9 Å². The van der Waals surface area contributed by atoms with Crippen LogP contribution in [-0.4, -0.2) is 40.5 Å². The van der Waals surface area contributed by atoms with Gasteiger partial charge in [-0.25, -0.2) is 0 Å². The van der Waals surface area contributed by atoms with E-state index in [1.807, 2.05) is 0 Å². The summed E-state index contributed by atoms with van der Waals surface area (Å²) < 4.78 is 1.64. The third kappa shape index (κ3) is 3.86. The molecule has 1 atom stereocenters. The van der Waals surface area contributed by atoms with Crippen LogP contribution in [0.3, 0.4) is 0 Å². The van der Waals surface area contributed by atoms with E-state index in [4.69, 9.17) is 23.2 Å². The summed E-state index contributed by atoms with van der Waals surface area (Å²) in [7, 11) is 1.76. The van der Waals surface area contributed by atoms with Crippen LogP contribution in [0.4, 0.5) is 0 Å². The van der Waals surface area contributed by atoms with Crippen LogP contribution in [0.1, 0.15) is 55.4 Å². The van der Waals surface area contributed by atoms with Gasteiger partial charge in [-0.2, -0.15) is 0 Å². The summed E-state index contributed by atoms with van der Waals surface area (Å²) in [6.45, 7) is 2.05. The number of rotatable bonds is 3. The summed E-state index contributed by atoms with van der Waals surface area (Å²) >= 11 is 12.0. The number of carbonyl (C=O) groups excluding carboxylic acids is 1. The van der Waals surface area contributed by atoms with Gasteiger partial charge in [0.05, 0.1) is 5.02 Å². The van der Waals surface area contributed by atoms with E-state index in [1.165, 1.54) is 38.5 Å². The Balaban J connectivity index is 1.57. The average Bonchev–Trinajstić information content (AvgIpc) is 2.96. The van der Waals surface area contributed by atoms with Gasteiger partial charge in [-0.05, 0) is 25.3 Å². The Bertz CT molecular complexity index is 564. The van der Waals surface area contributed by atoms with Gasteiger partial charge in [-0.3, -0.25) is 9.69 Å². The van der Waals surface area contributed by atoms with Gasteiger partial charge in [0, 0.05) is 32.2 Å². The van der Waals surface area contributed by atoms with Crippen LogP contribution < -0.4 is 5.32 Å². The van der Waals surface area contributed by atoms with Gasteiger partial charge >= 0.3 is 0 Å². The molecule has 2 fully saturated rings. The fourth-order valence-corrected chi connectivity index (χ4v) is 4.26. The molecule has 2 aliphatic rings. The zero-order chi connectivity index (χ0) is 16.4. The molecule has 1 amide bonds. The average molecular weight is 358 g/mol. The molecule has 0 spiro atoms. The van der Waals surface area contributed by atoms with E-state index in [2.05, 4.69) is 10.2 Å². The standard InChI is InChI=1S/C17H25Cl2N3O/c1-21-15(10-14(18)16(21)19)17(23)20-12-8-9-22(11-12)13-6-4-2-3-5-7-13/h10,12-13H,2-9,11H2,1H3,(H,20,23). The van der Waals surface area contributed by atoms with E-state index in [0.29, 0.717) is 21.9 Å². The molecule has 3 rings (SSSR count). The summed E-state index contributed by atoms with van der Waals surface area (Å²) in [4.78, 5) is 15.0. The Kier molecular flexibility index (Phi) is 5.55. The lowest BCUT2D eigenvalue weighted by Gasteiger charge is -2.26. The first kappa shape index (κ1) is 17.1. The smallest absolute Gasteiger partial charge is 0.268 e. The first-order valence-corrected chi connectivity index (χ1v) is 9.37. The molecule has 0 aromatic carbocycles. The molecule has 2 heterocycles. The minimum atomic E-state index is -0.0889. The van der Waals surface area contributed by atoms with Crippen molar-refractivity contribution in [1.29, 1.82) is 0 Å². The Morgan fingerprint density at radius 1 is 1.17 bits per heavy atom. The van der Waals surface area contributed by atoms with E-state index in [0.717, 1.165) is 19.5 Å². The van der Waals surface area contributed by atoms with Crippen LogP contribution in [0.5, 0.6) is 0 Å². The van der Waals surface area contributed by atoms with Crippen molar-refractivity contribution in [2.24, 2.45) is 7.05 Å².